The van der Waals surface area contributed by atoms with Crippen molar-refractivity contribution in [2.45, 2.75) is 6.92 Å². The van der Waals surface area contributed by atoms with E-state index in [1.165, 1.54) is 11.3 Å². The third kappa shape index (κ3) is 3.83. The minimum Gasteiger partial charge on any atom is -0.350 e. The van der Waals surface area contributed by atoms with Crippen LogP contribution in [0.4, 0.5) is 16.5 Å². The molecule has 0 fully saturated rings. The number of aryl methyl sites for hydroxylation is 1. The van der Waals surface area contributed by atoms with Crippen LogP contribution in [0.5, 0.6) is 0 Å². The van der Waals surface area contributed by atoms with Gasteiger partial charge in [0.1, 0.15) is 10.7 Å². The fourth-order valence-electron chi connectivity index (χ4n) is 2.85. The second-order valence-electron chi connectivity index (χ2n) is 6.42. The predicted octanol–water partition coefficient (Wildman–Crippen LogP) is 4.14. The van der Waals surface area contributed by atoms with Crippen molar-refractivity contribution in [1.29, 1.82) is 0 Å². The number of halogens is 1. The Morgan fingerprint density at radius 3 is 2.37 bits per heavy atom. The second-order valence-corrected chi connectivity index (χ2v) is 7.66. The van der Waals surface area contributed by atoms with Crippen LogP contribution in [0.25, 0.3) is 0 Å². The fourth-order valence-corrected chi connectivity index (χ4v) is 3.75. The number of nitrogens with one attached hydrogen (secondary N) is 2. The zero-order valence-electron chi connectivity index (χ0n) is 15.7. The maximum absolute atomic E-state index is 12.7. The first-order valence-electron chi connectivity index (χ1n) is 8.88. The van der Waals surface area contributed by atoms with E-state index in [2.05, 4.69) is 15.6 Å². The molecule has 2 N–H and O–H groups in total. The van der Waals surface area contributed by atoms with Crippen LogP contribution in [-0.2, 0) is 9.59 Å². The van der Waals surface area contributed by atoms with Gasteiger partial charge in [0.25, 0.3) is 17.7 Å². The minimum atomic E-state index is -0.592. The molecule has 1 aliphatic heterocycles. The predicted molar refractivity (Wildman–Crippen MR) is 117 cm³/mol. The number of aromatic nitrogens is 1. The van der Waals surface area contributed by atoms with Gasteiger partial charge in [-0.1, -0.05) is 29.8 Å². The number of carbonyl (C=O) groups excluding carboxylic acids is 3. The zero-order chi connectivity index (χ0) is 21.3. The van der Waals surface area contributed by atoms with Gasteiger partial charge in [0.05, 0.1) is 11.4 Å². The maximum Gasteiger partial charge on any atom is 0.283 e. The second kappa shape index (κ2) is 8.10. The van der Waals surface area contributed by atoms with E-state index in [4.69, 9.17) is 11.6 Å². The zero-order valence-corrected chi connectivity index (χ0v) is 17.3. The Hall–Kier alpha value is -3.49. The van der Waals surface area contributed by atoms with Crippen molar-refractivity contribution < 1.29 is 14.4 Å². The molecular weight excluding hydrogens is 424 g/mol. The summed E-state index contributed by atoms with van der Waals surface area (Å²) in [7, 11) is 0. The summed E-state index contributed by atoms with van der Waals surface area (Å²) in [6, 6.07) is 15.0. The molecule has 150 valence electrons. The number of rotatable bonds is 5. The van der Waals surface area contributed by atoms with E-state index >= 15 is 0 Å². The molecule has 7 nitrogen and oxygen atoms in total. The van der Waals surface area contributed by atoms with Crippen LogP contribution in [0.15, 0.2) is 70.7 Å². The number of imide groups is 1. The maximum atomic E-state index is 12.7. The smallest absolute Gasteiger partial charge is 0.283 e. The molecule has 4 rings (SSSR count). The third-order valence-corrected chi connectivity index (χ3v) is 5.52. The topological polar surface area (TPSA) is 91.4 Å². The Balaban J connectivity index is 1.48. The first-order valence-corrected chi connectivity index (χ1v) is 10.1. The molecule has 0 bridgehead atoms. The SMILES string of the molecule is Cc1csc(NC(=O)c2ccc(NC3=C(Cl)C(=O)N(c4ccccc4)C3=O)cc2)n1. The van der Waals surface area contributed by atoms with E-state index in [-0.39, 0.29) is 16.6 Å². The van der Waals surface area contributed by atoms with Crippen LogP contribution in [0, 0.1) is 6.92 Å². The Labute approximate surface area is 181 Å². The Morgan fingerprint density at radius 1 is 1.03 bits per heavy atom. The lowest BCUT2D eigenvalue weighted by atomic mass is 10.2. The summed E-state index contributed by atoms with van der Waals surface area (Å²) < 4.78 is 0. The molecule has 1 aromatic heterocycles. The molecule has 0 radical (unpaired) electrons. The Morgan fingerprint density at radius 2 is 1.73 bits per heavy atom. The third-order valence-electron chi connectivity index (χ3n) is 4.30. The number of amides is 3. The van der Waals surface area contributed by atoms with Crippen molar-refractivity contribution >= 4 is 57.2 Å². The average Bonchev–Trinajstić information content (AvgIpc) is 3.25. The van der Waals surface area contributed by atoms with E-state index in [1.54, 1.807) is 54.6 Å². The highest BCUT2D eigenvalue weighted by molar-refractivity contribution is 7.13. The van der Waals surface area contributed by atoms with Gasteiger partial charge in [-0.3, -0.25) is 19.7 Å². The van der Waals surface area contributed by atoms with Gasteiger partial charge in [-0.05, 0) is 43.3 Å². The summed E-state index contributed by atoms with van der Waals surface area (Å²) in [5.41, 5.74) is 2.20. The highest BCUT2D eigenvalue weighted by atomic mass is 35.5. The van der Waals surface area contributed by atoms with Gasteiger partial charge >= 0.3 is 0 Å². The quantitative estimate of drug-likeness (QED) is 0.584. The van der Waals surface area contributed by atoms with Crippen LogP contribution in [-0.4, -0.2) is 22.7 Å². The Bertz CT molecular complexity index is 1170. The van der Waals surface area contributed by atoms with Crippen molar-refractivity contribution in [3.05, 3.63) is 82.0 Å². The van der Waals surface area contributed by atoms with Crippen LogP contribution >= 0.6 is 22.9 Å². The van der Waals surface area contributed by atoms with Crippen LogP contribution in [0.3, 0.4) is 0 Å². The number of nitrogens with zero attached hydrogens (tertiary/aromatic N) is 2. The molecule has 30 heavy (non-hydrogen) atoms. The molecule has 3 aromatic rings. The summed E-state index contributed by atoms with van der Waals surface area (Å²) in [6.07, 6.45) is 0. The molecule has 0 saturated carbocycles. The van der Waals surface area contributed by atoms with Crippen molar-refractivity contribution in [3.8, 4) is 0 Å². The van der Waals surface area contributed by atoms with Crippen LogP contribution in [0.2, 0.25) is 0 Å². The average molecular weight is 439 g/mol. The summed E-state index contributed by atoms with van der Waals surface area (Å²) in [6.45, 7) is 1.85. The molecule has 0 spiro atoms. The highest BCUT2D eigenvalue weighted by Gasteiger charge is 2.38. The van der Waals surface area contributed by atoms with E-state index in [1.807, 2.05) is 12.3 Å². The molecule has 2 heterocycles. The summed E-state index contributed by atoms with van der Waals surface area (Å²) in [5.74, 6) is -1.43. The number of hydrogen-bond donors (Lipinski definition) is 2. The first-order chi connectivity index (χ1) is 14.4. The van der Waals surface area contributed by atoms with Crippen LogP contribution in [0.1, 0.15) is 16.1 Å². The first kappa shape index (κ1) is 19.8. The Kier molecular flexibility index (Phi) is 5.35. The summed E-state index contributed by atoms with van der Waals surface area (Å²) in [4.78, 5) is 42.7. The van der Waals surface area contributed by atoms with Gasteiger partial charge in [0, 0.05) is 16.6 Å². The fraction of sp³-hybridized carbons (Fsp3) is 0.0476. The summed E-state index contributed by atoms with van der Waals surface area (Å²) in [5, 5.41) is 7.79. The van der Waals surface area contributed by atoms with Gasteiger partial charge in [-0.2, -0.15) is 0 Å². The number of anilines is 3. The van der Waals surface area contributed by atoms with E-state index in [9.17, 15) is 14.4 Å². The lowest BCUT2D eigenvalue weighted by molar-refractivity contribution is -0.120. The minimum absolute atomic E-state index is 0.0130. The molecule has 0 aliphatic carbocycles. The van der Waals surface area contributed by atoms with Gasteiger partial charge in [0.15, 0.2) is 5.13 Å². The van der Waals surface area contributed by atoms with Gasteiger partial charge in [-0.15, -0.1) is 11.3 Å². The molecular formula is C21H15ClN4O3S. The normalized spacial score (nSPS) is 13.7. The van der Waals surface area contributed by atoms with Gasteiger partial charge < -0.3 is 5.32 Å². The highest BCUT2D eigenvalue weighted by Crippen LogP contribution is 2.30. The number of benzene rings is 2. The van der Waals surface area contributed by atoms with Crippen molar-refractivity contribution in [1.82, 2.24) is 4.98 Å². The van der Waals surface area contributed by atoms with Crippen molar-refractivity contribution in [2.24, 2.45) is 0 Å². The van der Waals surface area contributed by atoms with Crippen LogP contribution < -0.4 is 15.5 Å². The number of carbonyl (C=O) groups is 3. The molecule has 0 unspecified atom stereocenters. The van der Waals surface area contributed by atoms with E-state index in [0.717, 1.165) is 10.6 Å². The molecule has 3 amide bonds. The van der Waals surface area contributed by atoms with Crippen molar-refractivity contribution in [3.63, 3.8) is 0 Å². The number of thiazole rings is 1. The lowest BCUT2D eigenvalue weighted by Crippen LogP contribution is -2.32. The molecule has 1 aliphatic rings. The van der Waals surface area contributed by atoms with Crippen molar-refractivity contribution in [2.75, 3.05) is 15.5 Å². The number of para-hydroxylation sites is 1. The van der Waals surface area contributed by atoms with E-state index in [0.29, 0.717) is 22.1 Å². The monoisotopic (exact) mass is 438 g/mol. The standard InChI is InChI=1S/C21H15ClN4O3S/c1-12-11-30-21(23-12)25-18(27)13-7-9-14(10-8-13)24-17-16(22)19(28)26(20(17)29)15-5-3-2-4-6-15/h2-11,24H,1H3,(H,23,25,27). The molecule has 0 saturated heterocycles. The van der Waals surface area contributed by atoms with Gasteiger partial charge in [0.2, 0.25) is 0 Å². The molecule has 9 heteroatoms. The van der Waals surface area contributed by atoms with E-state index < -0.39 is 11.8 Å². The van der Waals surface area contributed by atoms with Gasteiger partial charge in [-0.25, -0.2) is 9.88 Å². The molecule has 0 atom stereocenters. The number of hydrogen-bond acceptors (Lipinski definition) is 6. The molecule has 2 aromatic carbocycles. The lowest BCUT2D eigenvalue weighted by Gasteiger charge is -2.14. The summed E-state index contributed by atoms with van der Waals surface area (Å²) >= 11 is 7.47. The largest absolute Gasteiger partial charge is 0.350 e.